The molecule has 0 N–H and O–H groups in total. The summed E-state index contributed by atoms with van der Waals surface area (Å²) in [4.78, 5) is 63.2. The molecule has 0 saturated carbocycles. The molecular formula is C23H17Cl2N3O6. The number of rotatable bonds is 6. The first kappa shape index (κ1) is 23.6. The molecule has 1 heterocycles. The van der Waals surface area contributed by atoms with E-state index in [9.17, 15) is 29.3 Å². The number of benzene rings is 2. The summed E-state index contributed by atoms with van der Waals surface area (Å²) >= 11 is 12.0. The molecule has 2 aromatic carbocycles. The van der Waals surface area contributed by atoms with Crippen LogP contribution in [0.4, 0.5) is 5.69 Å². The minimum atomic E-state index is -0.814. The standard InChI is InChI=1S/C23H17Cl2N3O6/c24-18-9-8-14(11-19(18)25)21(30)26(12-20(29)13-4-3-5-15(10-13)28(33)34)27-22(31)16-6-1-2-7-17(16)23(27)32/h1-5,8-11,16-17H,6-7,12H2/t16-,17+. The molecule has 1 aliphatic heterocycles. The van der Waals surface area contributed by atoms with Crippen molar-refractivity contribution in [3.63, 3.8) is 0 Å². The van der Waals surface area contributed by atoms with Crippen molar-refractivity contribution in [2.75, 3.05) is 6.54 Å². The van der Waals surface area contributed by atoms with Crippen LogP contribution in [-0.2, 0) is 9.59 Å². The van der Waals surface area contributed by atoms with Gasteiger partial charge >= 0.3 is 0 Å². The second-order valence-electron chi connectivity index (χ2n) is 7.87. The number of hydrazine groups is 1. The number of nitro benzene ring substituents is 1. The zero-order valence-corrected chi connectivity index (χ0v) is 19.0. The van der Waals surface area contributed by atoms with Gasteiger partial charge < -0.3 is 0 Å². The summed E-state index contributed by atoms with van der Waals surface area (Å²) in [5.74, 6) is -3.93. The van der Waals surface area contributed by atoms with Crippen molar-refractivity contribution in [2.45, 2.75) is 12.8 Å². The average Bonchev–Trinajstić information content (AvgIpc) is 3.09. The van der Waals surface area contributed by atoms with Gasteiger partial charge in [-0.25, -0.2) is 5.01 Å². The fourth-order valence-corrected chi connectivity index (χ4v) is 4.35. The Labute approximate surface area is 203 Å². The molecule has 11 heteroatoms. The number of hydrogen-bond acceptors (Lipinski definition) is 6. The summed E-state index contributed by atoms with van der Waals surface area (Å²) in [7, 11) is 0. The van der Waals surface area contributed by atoms with Crippen LogP contribution in [0.25, 0.3) is 0 Å². The summed E-state index contributed by atoms with van der Waals surface area (Å²) in [5.41, 5.74) is -0.340. The fraction of sp³-hybridized carbons (Fsp3) is 0.217. The van der Waals surface area contributed by atoms with Gasteiger partial charge in [-0.1, -0.05) is 47.5 Å². The maximum absolute atomic E-state index is 13.4. The largest absolute Gasteiger partial charge is 0.292 e. The summed E-state index contributed by atoms with van der Waals surface area (Å²) in [5, 5.41) is 12.9. The molecule has 2 atom stereocenters. The van der Waals surface area contributed by atoms with Gasteiger partial charge in [0, 0.05) is 23.3 Å². The first-order chi connectivity index (χ1) is 16.2. The Morgan fingerprint density at radius 2 is 1.62 bits per heavy atom. The van der Waals surface area contributed by atoms with E-state index >= 15 is 0 Å². The molecule has 34 heavy (non-hydrogen) atoms. The number of non-ortho nitro benzene ring substituents is 1. The van der Waals surface area contributed by atoms with E-state index in [1.807, 2.05) is 0 Å². The number of nitro groups is 1. The maximum Gasteiger partial charge on any atom is 0.273 e. The maximum atomic E-state index is 13.4. The Balaban J connectivity index is 1.71. The van der Waals surface area contributed by atoms with E-state index in [0.717, 1.165) is 16.1 Å². The van der Waals surface area contributed by atoms with Crippen molar-refractivity contribution in [3.8, 4) is 0 Å². The Hall–Kier alpha value is -3.56. The lowest BCUT2D eigenvalue weighted by Crippen LogP contribution is -2.52. The van der Waals surface area contributed by atoms with Crippen molar-refractivity contribution in [1.29, 1.82) is 0 Å². The van der Waals surface area contributed by atoms with E-state index in [1.54, 1.807) is 12.2 Å². The van der Waals surface area contributed by atoms with E-state index in [0.29, 0.717) is 12.8 Å². The molecule has 0 radical (unpaired) electrons. The molecule has 3 amide bonds. The van der Waals surface area contributed by atoms with Crippen molar-refractivity contribution >= 4 is 52.4 Å². The lowest BCUT2D eigenvalue weighted by molar-refractivity contribution is -0.384. The Morgan fingerprint density at radius 1 is 0.971 bits per heavy atom. The molecule has 0 unspecified atom stereocenters. The third-order valence-corrected chi connectivity index (χ3v) is 6.54. The molecule has 0 bridgehead atoms. The van der Waals surface area contributed by atoms with Gasteiger partial charge in [0.2, 0.25) is 0 Å². The van der Waals surface area contributed by atoms with Gasteiger partial charge in [-0.05, 0) is 31.0 Å². The van der Waals surface area contributed by atoms with Crippen LogP contribution in [-0.4, -0.2) is 45.0 Å². The second kappa shape index (κ2) is 9.36. The Kier molecular flexibility index (Phi) is 6.49. The third-order valence-electron chi connectivity index (χ3n) is 5.80. The number of Topliss-reactive ketones (excluding diaryl/α,β-unsaturated/α-hetero) is 1. The van der Waals surface area contributed by atoms with Gasteiger partial charge in [-0.3, -0.25) is 29.3 Å². The average molecular weight is 502 g/mol. The molecule has 4 rings (SSSR count). The Bertz CT molecular complexity index is 1240. The van der Waals surface area contributed by atoms with Crippen molar-refractivity contribution in [1.82, 2.24) is 10.0 Å². The lowest BCUT2D eigenvalue weighted by Gasteiger charge is -2.30. The van der Waals surface area contributed by atoms with Crippen LogP contribution >= 0.6 is 23.2 Å². The van der Waals surface area contributed by atoms with E-state index in [2.05, 4.69) is 0 Å². The highest BCUT2D eigenvalue weighted by Crippen LogP contribution is 2.36. The molecule has 2 aliphatic rings. The molecular weight excluding hydrogens is 485 g/mol. The van der Waals surface area contributed by atoms with Gasteiger partial charge in [0.05, 0.1) is 26.8 Å². The van der Waals surface area contributed by atoms with E-state index in [4.69, 9.17) is 23.2 Å². The van der Waals surface area contributed by atoms with Crippen LogP contribution in [0, 0.1) is 22.0 Å². The summed E-state index contributed by atoms with van der Waals surface area (Å²) in [6, 6.07) is 9.01. The van der Waals surface area contributed by atoms with Gasteiger partial charge in [0.15, 0.2) is 5.78 Å². The van der Waals surface area contributed by atoms with Gasteiger partial charge in [-0.2, -0.15) is 5.01 Å². The number of amides is 3. The van der Waals surface area contributed by atoms with Crippen LogP contribution in [0.3, 0.4) is 0 Å². The first-order valence-electron chi connectivity index (χ1n) is 10.3. The molecule has 1 aliphatic carbocycles. The SMILES string of the molecule is O=C(CN(C(=O)c1ccc(Cl)c(Cl)c1)N1C(=O)[C@H]2CC=CC[C@H]2C1=O)c1cccc([N+](=O)[O-])c1. The van der Waals surface area contributed by atoms with E-state index in [-0.39, 0.29) is 26.9 Å². The normalized spacial score (nSPS) is 19.2. The number of ketones is 1. The zero-order chi connectivity index (χ0) is 24.6. The predicted molar refractivity (Wildman–Crippen MR) is 122 cm³/mol. The summed E-state index contributed by atoms with van der Waals surface area (Å²) < 4.78 is 0. The summed E-state index contributed by atoms with van der Waals surface area (Å²) in [6.45, 7) is -0.690. The minimum Gasteiger partial charge on any atom is -0.292 e. The number of carbonyl (C=O) groups excluding carboxylic acids is 4. The fourth-order valence-electron chi connectivity index (χ4n) is 4.05. The zero-order valence-electron chi connectivity index (χ0n) is 17.5. The van der Waals surface area contributed by atoms with Crippen molar-refractivity contribution in [2.24, 2.45) is 11.8 Å². The molecule has 0 aromatic heterocycles. The third kappa shape index (κ3) is 4.32. The molecule has 0 spiro atoms. The van der Waals surface area contributed by atoms with Gasteiger partial charge in [-0.15, -0.1) is 0 Å². The van der Waals surface area contributed by atoms with Gasteiger partial charge in [0.25, 0.3) is 23.4 Å². The van der Waals surface area contributed by atoms with Crippen molar-refractivity contribution < 1.29 is 24.1 Å². The number of imide groups is 1. The van der Waals surface area contributed by atoms with Crippen LogP contribution in [0.5, 0.6) is 0 Å². The first-order valence-corrected chi connectivity index (χ1v) is 11.0. The lowest BCUT2D eigenvalue weighted by atomic mass is 9.85. The smallest absolute Gasteiger partial charge is 0.273 e. The molecule has 1 fully saturated rings. The molecule has 9 nitrogen and oxygen atoms in total. The van der Waals surface area contributed by atoms with Crippen LogP contribution < -0.4 is 0 Å². The topological polar surface area (TPSA) is 118 Å². The number of fused-ring (bicyclic) bond motifs is 1. The minimum absolute atomic E-state index is 0.00911. The Morgan fingerprint density at radius 3 is 2.21 bits per heavy atom. The number of nitrogens with zero attached hydrogens (tertiary/aromatic N) is 3. The van der Waals surface area contributed by atoms with Crippen LogP contribution in [0.1, 0.15) is 33.6 Å². The van der Waals surface area contributed by atoms with E-state index < -0.39 is 46.8 Å². The van der Waals surface area contributed by atoms with Crippen molar-refractivity contribution in [3.05, 3.63) is 85.9 Å². The van der Waals surface area contributed by atoms with Crippen LogP contribution in [0.15, 0.2) is 54.6 Å². The highest BCUT2D eigenvalue weighted by atomic mass is 35.5. The predicted octanol–water partition coefficient (Wildman–Crippen LogP) is 4.09. The van der Waals surface area contributed by atoms with Gasteiger partial charge in [0.1, 0.15) is 6.54 Å². The number of allylic oxidation sites excluding steroid dienone is 2. The molecule has 1 saturated heterocycles. The molecule has 2 aromatic rings. The highest BCUT2D eigenvalue weighted by molar-refractivity contribution is 6.42. The highest BCUT2D eigenvalue weighted by Gasteiger charge is 2.51. The summed E-state index contributed by atoms with van der Waals surface area (Å²) in [6.07, 6.45) is 4.29. The van der Waals surface area contributed by atoms with Crippen LogP contribution in [0.2, 0.25) is 10.0 Å². The molecule has 174 valence electrons. The number of hydrogen-bond donors (Lipinski definition) is 0. The quantitative estimate of drug-likeness (QED) is 0.193. The second-order valence-corrected chi connectivity index (χ2v) is 8.68. The van der Waals surface area contributed by atoms with E-state index in [1.165, 1.54) is 36.4 Å². The number of carbonyl (C=O) groups is 4. The monoisotopic (exact) mass is 501 g/mol. The number of halogens is 2.